The molecule has 0 atom stereocenters. The molecule has 1 aromatic rings. The monoisotopic (exact) mass is 381 g/mol. The summed E-state index contributed by atoms with van der Waals surface area (Å²) < 4.78 is 33.8. The Morgan fingerprint density at radius 1 is 1.31 bits per heavy atom. The molecule has 0 bridgehead atoms. The van der Waals surface area contributed by atoms with Gasteiger partial charge in [-0.1, -0.05) is 6.07 Å². The molecule has 140 valence electrons. The first kappa shape index (κ1) is 19.4. The minimum absolute atomic E-state index is 0.0972. The van der Waals surface area contributed by atoms with Crippen LogP contribution in [-0.4, -0.2) is 55.1 Å². The van der Waals surface area contributed by atoms with Gasteiger partial charge in [-0.15, -0.1) is 4.40 Å². The highest BCUT2D eigenvalue weighted by molar-refractivity contribution is 7.88. The highest BCUT2D eigenvalue weighted by Crippen LogP contribution is 2.17. The van der Waals surface area contributed by atoms with Gasteiger partial charge < -0.3 is 15.2 Å². The smallest absolute Gasteiger partial charge is 0.345 e. The van der Waals surface area contributed by atoms with Crippen LogP contribution >= 0.6 is 0 Å². The first-order valence-corrected chi connectivity index (χ1v) is 9.09. The standard InChI is InChI=1S/C16H19N3O6S/c1-11-8-12(2)19(26(23,24)18-11)10-15(20)17-6-7-25-14-5-3-4-13(9-14)16(21)22/h3-5,8-9H,6-7,10H2,1-2H3,(H,17,20)(H,21,22). The Kier molecular flexibility index (Phi) is 5.98. The van der Waals surface area contributed by atoms with Gasteiger partial charge in [0.25, 0.3) is 0 Å². The van der Waals surface area contributed by atoms with Gasteiger partial charge in [-0.3, -0.25) is 4.79 Å². The lowest BCUT2D eigenvalue weighted by molar-refractivity contribution is -0.121. The highest BCUT2D eigenvalue weighted by atomic mass is 32.2. The summed E-state index contributed by atoms with van der Waals surface area (Å²) in [5.41, 5.74) is 0.866. The molecule has 0 radical (unpaired) electrons. The lowest BCUT2D eigenvalue weighted by Gasteiger charge is -2.24. The molecule has 0 aromatic heterocycles. The molecule has 1 aliphatic rings. The van der Waals surface area contributed by atoms with Crippen molar-refractivity contribution in [2.75, 3.05) is 19.7 Å². The van der Waals surface area contributed by atoms with Crippen LogP contribution in [0.4, 0.5) is 0 Å². The van der Waals surface area contributed by atoms with E-state index in [-0.39, 0.29) is 25.3 Å². The molecule has 2 rings (SSSR count). The maximum Gasteiger partial charge on any atom is 0.345 e. The van der Waals surface area contributed by atoms with E-state index in [0.29, 0.717) is 17.2 Å². The second kappa shape index (κ2) is 8.00. The molecule has 1 amide bonds. The van der Waals surface area contributed by atoms with Gasteiger partial charge in [0.2, 0.25) is 5.91 Å². The van der Waals surface area contributed by atoms with Crippen LogP contribution in [0.1, 0.15) is 24.2 Å². The van der Waals surface area contributed by atoms with Crippen molar-refractivity contribution in [2.45, 2.75) is 13.8 Å². The average molecular weight is 381 g/mol. The van der Waals surface area contributed by atoms with Crippen LogP contribution in [0.25, 0.3) is 0 Å². The van der Waals surface area contributed by atoms with Gasteiger partial charge in [-0.25, -0.2) is 9.10 Å². The predicted octanol–water partition coefficient (Wildman–Crippen LogP) is 0.805. The maximum atomic E-state index is 12.0. The number of amides is 1. The van der Waals surface area contributed by atoms with Crippen molar-refractivity contribution in [3.05, 3.63) is 41.6 Å². The minimum Gasteiger partial charge on any atom is -0.492 e. The summed E-state index contributed by atoms with van der Waals surface area (Å²) in [5, 5.41) is 11.5. The maximum absolute atomic E-state index is 12.0. The lowest BCUT2D eigenvalue weighted by Crippen LogP contribution is -2.41. The fourth-order valence-corrected chi connectivity index (χ4v) is 3.50. The summed E-state index contributed by atoms with van der Waals surface area (Å²) in [5.74, 6) is -1.20. The summed E-state index contributed by atoms with van der Waals surface area (Å²) >= 11 is 0. The Labute approximate surface area is 151 Å². The van der Waals surface area contributed by atoms with E-state index in [1.54, 1.807) is 32.1 Å². The van der Waals surface area contributed by atoms with E-state index in [9.17, 15) is 18.0 Å². The van der Waals surface area contributed by atoms with Crippen molar-refractivity contribution in [1.29, 1.82) is 0 Å². The second-order valence-electron chi connectivity index (χ2n) is 5.53. The van der Waals surface area contributed by atoms with Gasteiger partial charge in [-0.2, -0.15) is 8.42 Å². The van der Waals surface area contributed by atoms with Crippen molar-refractivity contribution in [1.82, 2.24) is 9.62 Å². The SMILES string of the molecule is CC1=CC(C)=NS(=O)(=O)N1CC(=O)NCCOc1cccc(C(=O)O)c1. The fraction of sp³-hybridized carbons (Fsp3) is 0.312. The normalized spacial score (nSPS) is 15.7. The van der Waals surface area contributed by atoms with E-state index < -0.39 is 22.1 Å². The van der Waals surface area contributed by atoms with Gasteiger partial charge >= 0.3 is 16.2 Å². The number of nitrogens with zero attached hydrogens (tertiary/aromatic N) is 2. The molecule has 26 heavy (non-hydrogen) atoms. The molecule has 10 heteroatoms. The number of hydrogen-bond donors (Lipinski definition) is 2. The molecule has 1 aromatic carbocycles. The van der Waals surface area contributed by atoms with E-state index >= 15 is 0 Å². The van der Waals surface area contributed by atoms with Crippen molar-refractivity contribution in [3.63, 3.8) is 0 Å². The molecule has 0 saturated heterocycles. The number of rotatable bonds is 7. The molecule has 0 spiro atoms. The molecule has 1 aliphatic heterocycles. The van der Waals surface area contributed by atoms with Crippen LogP contribution in [0.5, 0.6) is 5.75 Å². The molecule has 1 heterocycles. The van der Waals surface area contributed by atoms with Crippen LogP contribution in [0.2, 0.25) is 0 Å². The molecule has 0 aliphatic carbocycles. The third kappa shape index (κ3) is 5.06. The van der Waals surface area contributed by atoms with Crippen LogP contribution in [0.15, 0.2) is 40.4 Å². The second-order valence-corrected chi connectivity index (χ2v) is 7.05. The Morgan fingerprint density at radius 2 is 2.04 bits per heavy atom. The summed E-state index contributed by atoms with van der Waals surface area (Å²) in [6, 6.07) is 5.97. The molecular weight excluding hydrogens is 362 g/mol. The number of aromatic carboxylic acids is 1. The quantitative estimate of drug-likeness (QED) is 0.673. The number of hydrogen-bond acceptors (Lipinski definition) is 5. The molecule has 0 saturated carbocycles. The van der Waals surface area contributed by atoms with Crippen molar-refractivity contribution >= 4 is 27.8 Å². The van der Waals surface area contributed by atoms with Crippen LogP contribution in [0.3, 0.4) is 0 Å². The number of nitrogens with one attached hydrogen (secondary N) is 1. The van der Waals surface area contributed by atoms with Crippen molar-refractivity contribution < 1.29 is 27.9 Å². The Morgan fingerprint density at radius 3 is 2.69 bits per heavy atom. The zero-order chi connectivity index (χ0) is 19.3. The van der Waals surface area contributed by atoms with Crippen LogP contribution < -0.4 is 10.1 Å². The Bertz CT molecular complexity index is 876. The number of carboxylic acids is 1. The van der Waals surface area contributed by atoms with E-state index in [1.807, 2.05) is 0 Å². The first-order chi connectivity index (χ1) is 12.2. The predicted molar refractivity (Wildman–Crippen MR) is 94.4 cm³/mol. The zero-order valence-corrected chi connectivity index (χ0v) is 15.1. The number of ether oxygens (including phenoxy) is 1. The van der Waals surface area contributed by atoms with Crippen LogP contribution in [-0.2, 0) is 15.0 Å². The third-order valence-electron chi connectivity index (χ3n) is 3.41. The van der Waals surface area contributed by atoms with Crippen molar-refractivity contribution in [2.24, 2.45) is 4.40 Å². The molecule has 2 N–H and O–H groups in total. The fourth-order valence-electron chi connectivity index (χ4n) is 2.28. The van der Waals surface area contributed by atoms with Crippen LogP contribution in [0, 0.1) is 0 Å². The van der Waals surface area contributed by atoms with Crippen molar-refractivity contribution in [3.8, 4) is 5.75 Å². The molecule has 0 unspecified atom stereocenters. The Hall–Kier alpha value is -2.88. The molecule has 0 fully saturated rings. The third-order valence-corrected chi connectivity index (χ3v) is 4.90. The zero-order valence-electron chi connectivity index (χ0n) is 14.3. The average Bonchev–Trinajstić information content (AvgIpc) is 2.54. The summed E-state index contributed by atoms with van der Waals surface area (Å²) in [4.78, 5) is 22.8. The lowest BCUT2D eigenvalue weighted by atomic mass is 10.2. The van der Waals surface area contributed by atoms with Gasteiger partial charge in [0.05, 0.1) is 17.8 Å². The van der Waals surface area contributed by atoms with Gasteiger partial charge in [0.1, 0.15) is 18.9 Å². The Balaban J connectivity index is 1.82. The van der Waals surface area contributed by atoms with E-state index in [0.717, 1.165) is 4.31 Å². The van der Waals surface area contributed by atoms with Gasteiger partial charge in [0.15, 0.2) is 0 Å². The number of benzene rings is 1. The first-order valence-electron chi connectivity index (χ1n) is 7.69. The molecular formula is C16H19N3O6S. The number of carboxylic acid groups (broad SMARTS) is 1. The molecule has 9 nitrogen and oxygen atoms in total. The van der Waals surface area contributed by atoms with E-state index in [4.69, 9.17) is 9.84 Å². The number of allylic oxidation sites excluding steroid dienone is 2. The largest absolute Gasteiger partial charge is 0.492 e. The minimum atomic E-state index is -3.90. The highest BCUT2D eigenvalue weighted by Gasteiger charge is 2.27. The van der Waals surface area contributed by atoms with E-state index in [2.05, 4.69) is 9.71 Å². The summed E-state index contributed by atoms with van der Waals surface area (Å²) in [6.07, 6.45) is 1.58. The topological polar surface area (TPSA) is 125 Å². The number of carbonyl (C=O) groups excluding carboxylic acids is 1. The van der Waals surface area contributed by atoms with E-state index in [1.165, 1.54) is 12.1 Å². The van der Waals surface area contributed by atoms with Gasteiger partial charge in [0, 0.05) is 5.70 Å². The van der Waals surface area contributed by atoms with Gasteiger partial charge in [-0.05, 0) is 38.1 Å². The summed E-state index contributed by atoms with van der Waals surface area (Å²) in [6.45, 7) is 3.01. The summed E-state index contributed by atoms with van der Waals surface area (Å²) in [7, 11) is -3.90. The number of carbonyl (C=O) groups is 2.